The van der Waals surface area contributed by atoms with Gasteiger partial charge in [-0.1, -0.05) is 96.3 Å². The van der Waals surface area contributed by atoms with Crippen molar-refractivity contribution >= 4 is 17.6 Å². The molecule has 0 N–H and O–H groups in total. The summed E-state index contributed by atoms with van der Waals surface area (Å²) in [6, 6.07) is 18.0. The monoisotopic (exact) mass is 573 g/mol. The lowest BCUT2D eigenvalue weighted by molar-refractivity contribution is -0.139. The molecule has 2 aromatic rings. The summed E-state index contributed by atoms with van der Waals surface area (Å²) in [6.45, 7) is 9.38. The van der Waals surface area contributed by atoms with E-state index < -0.39 is 0 Å². The molecular formula is C37H51NO4. The van der Waals surface area contributed by atoms with E-state index in [4.69, 9.17) is 14.2 Å². The number of unbranched alkanes of at least 4 members (excludes halogenated alkanes) is 12. The van der Waals surface area contributed by atoms with E-state index in [1.54, 1.807) is 6.92 Å². The number of rotatable bonds is 23. The Bertz CT molecular complexity index is 1100. The first-order valence-corrected chi connectivity index (χ1v) is 15.9. The van der Waals surface area contributed by atoms with Crippen LogP contribution in [0.25, 0.3) is 11.6 Å². The molecule has 5 heteroatoms. The first kappa shape index (κ1) is 34.7. The van der Waals surface area contributed by atoms with Crippen LogP contribution in [-0.2, 0) is 9.53 Å². The van der Waals surface area contributed by atoms with Gasteiger partial charge in [0, 0.05) is 5.57 Å². The second-order valence-corrected chi connectivity index (χ2v) is 11.0. The Balaban J connectivity index is 1.63. The average molecular weight is 574 g/mol. The van der Waals surface area contributed by atoms with Gasteiger partial charge in [-0.05, 0) is 79.8 Å². The largest absolute Gasteiger partial charge is 0.494 e. The van der Waals surface area contributed by atoms with Gasteiger partial charge in [0.25, 0.3) is 0 Å². The molecule has 0 atom stereocenters. The minimum absolute atomic E-state index is 0.306. The lowest BCUT2D eigenvalue weighted by Gasteiger charge is -2.08. The zero-order valence-electron chi connectivity index (χ0n) is 26.0. The van der Waals surface area contributed by atoms with Crippen LogP contribution in [-0.4, -0.2) is 25.8 Å². The van der Waals surface area contributed by atoms with Crippen molar-refractivity contribution in [3.63, 3.8) is 0 Å². The summed E-state index contributed by atoms with van der Waals surface area (Å²) >= 11 is 0. The van der Waals surface area contributed by atoms with Crippen LogP contribution in [0.15, 0.2) is 60.7 Å². The van der Waals surface area contributed by atoms with Crippen LogP contribution in [0.4, 0.5) is 0 Å². The summed E-state index contributed by atoms with van der Waals surface area (Å²) in [7, 11) is 0. The van der Waals surface area contributed by atoms with Crippen molar-refractivity contribution in [1.82, 2.24) is 0 Å². The van der Waals surface area contributed by atoms with E-state index in [-0.39, 0.29) is 5.97 Å². The van der Waals surface area contributed by atoms with Crippen LogP contribution in [0.5, 0.6) is 11.5 Å². The molecule has 228 valence electrons. The number of carbonyl (C=O) groups is 1. The molecule has 0 aliphatic rings. The number of hydrogen-bond donors (Lipinski definition) is 0. The van der Waals surface area contributed by atoms with Crippen LogP contribution in [0.2, 0.25) is 0 Å². The third kappa shape index (κ3) is 15.5. The third-order valence-electron chi connectivity index (χ3n) is 7.13. The molecule has 0 unspecified atom stereocenters. The minimum atomic E-state index is -0.306. The average Bonchev–Trinajstić information content (AvgIpc) is 3.00. The smallest absolute Gasteiger partial charge is 0.333 e. The first-order chi connectivity index (χ1) is 20.5. The van der Waals surface area contributed by atoms with Crippen molar-refractivity contribution in [1.29, 1.82) is 5.26 Å². The van der Waals surface area contributed by atoms with E-state index >= 15 is 0 Å². The summed E-state index contributed by atoms with van der Waals surface area (Å²) in [5.74, 6) is 1.38. The van der Waals surface area contributed by atoms with Crippen LogP contribution in [0.3, 0.4) is 0 Å². The van der Waals surface area contributed by atoms with Crippen LogP contribution < -0.4 is 9.47 Å². The predicted molar refractivity (Wildman–Crippen MR) is 173 cm³/mol. The quantitative estimate of drug-likeness (QED) is 0.0435. The summed E-state index contributed by atoms with van der Waals surface area (Å²) in [5.41, 5.74) is 2.90. The van der Waals surface area contributed by atoms with Crippen molar-refractivity contribution in [3.8, 4) is 17.6 Å². The highest BCUT2D eigenvalue weighted by Crippen LogP contribution is 2.23. The van der Waals surface area contributed by atoms with Gasteiger partial charge in [0.15, 0.2) is 0 Å². The zero-order chi connectivity index (χ0) is 30.3. The highest BCUT2D eigenvalue weighted by Gasteiger charge is 2.04. The number of nitrogens with zero attached hydrogens (tertiary/aromatic N) is 1. The fourth-order valence-electron chi connectivity index (χ4n) is 4.55. The minimum Gasteiger partial charge on any atom is -0.494 e. The normalized spacial score (nSPS) is 11.1. The molecule has 0 amide bonds. The highest BCUT2D eigenvalue weighted by atomic mass is 16.5. The van der Waals surface area contributed by atoms with Crippen LogP contribution >= 0.6 is 0 Å². The van der Waals surface area contributed by atoms with E-state index in [0.29, 0.717) is 24.4 Å². The molecule has 5 nitrogen and oxygen atoms in total. The molecule has 0 spiro atoms. The Morgan fingerprint density at radius 3 is 1.64 bits per heavy atom. The number of esters is 1. The van der Waals surface area contributed by atoms with Crippen LogP contribution in [0.1, 0.15) is 115 Å². The maximum atomic E-state index is 11.3. The van der Waals surface area contributed by atoms with Crippen LogP contribution in [0, 0.1) is 11.3 Å². The van der Waals surface area contributed by atoms with Gasteiger partial charge in [0.1, 0.15) is 11.5 Å². The van der Waals surface area contributed by atoms with Gasteiger partial charge >= 0.3 is 5.97 Å². The number of allylic oxidation sites excluding steroid dienone is 1. The van der Waals surface area contributed by atoms with Gasteiger partial charge in [-0.15, -0.1) is 0 Å². The molecule has 0 saturated carbocycles. The highest BCUT2D eigenvalue weighted by molar-refractivity contribution is 5.89. The van der Waals surface area contributed by atoms with Crippen molar-refractivity contribution < 1.29 is 19.0 Å². The van der Waals surface area contributed by atoms with Gasteiger partial charge in [0.05, 0.1) is 31.5 Å². The lowest BCUT2D eigenvalue weighted by Crippen LogP contribution is -2.06. The summed E-state index contributed by atoms with van der Waals surface area (Å²) < 4.78 is 16.9. The van der Waals surface area contributed by atoms with Crippen molar-refractivity contribution in [2.45, 2.75) is 104 Å². The molecule has 0 heterocycles. The molecule has 0 aromatic heterocycles. The molecule has 2 rings (SSSR count). The Kier molecular flexibility index (Phi) is 18.3. The molecule has 0 bridgehead atoms. The molecule has 0 aliphatic carbocycles. The SMILES string of the molecule is C=C(C)C(=O)OCCCCCCCCOc1ccc(/C(C#N)=C/c2ccc(OCCCCCCCCCC)cc2)cc1. The lowest BCUT2D eigenvalue weighted by atomic mass is 10.0. The Morgan fingerprint density at radius 2 is 1.17 bits per heavy atom. The van der Waals surface area contributed by atoms with Gasteiger partial charge in [0.2, 0.25) is 0 Å². The van der Waals surface area contributed by atoms with Gasteiger partial charge in [-0.3, -0.25) is 0 Å². The zero-order valence-corrected chi connectivity index (χ0v) is 26.0. The van der Waals surface area contributed by atoms with E-state index in [2.05, 4.69) is 19.6 Å². The Labute approximate surface area is 254 Å². The van der Waals surface area contributed by atoms with E-state index in [1.165, 1.54) is 44.9 Å². The maximum absolute atomic E-state index is 11.3. The standard InChI is InChI=1S/C37H51NO4/c1-4-5-6-7-8-9-12-15-26-40-35-22-18-32(19-23-35)29-34(30-38)33-20-24-36(25-21-33)41-27-16-13-10-11-14-17-28-42-37(39)31(2)3/h18-25,29H,2,4-17,26-28H2,1,3H3/b34-29+. The second-order valence-electron chi connectivity index (χ2n) is 11.0. The Morgan fingerprint density at radius 1 is 0.714 bits per heavy atom. The van der Waals surface area contributed by atoms with E-state index in [1.807, 2.05) is 54.6 Å². The van der Waals surface area contributed by atoms with E-state index in [9.17, 15) is 10.1 Å². The number of benzene rings is 2. The molecule has 0 aliphatic heterocycles. The molecular weight excluding hydrogens is 522 g/mol. The van der Waals surface area contributed by atoms with Gasteiger partial charge < -0.3 is 14.2 Å². The summed E-state index contributed by atoms with van der Waals surface area (Å²) in [5, 5.41) is 9.75. The number of carbonyl (C=O) groups excluding carboxylic acids is 1. The fourth-order valence-corrected chi connectivity index (χ4v) is 4.55. The van der Waals surface area contributed by atoms with Gasteiger partial charge in [-0.25, -0.2) is 4.79 Å². The van der Waals surface area contributed by atoms with E-state index in [0.717, 1.165) is 74.2 Å². The van der Waals surface area contributed by atoms with Crippen molar-refractivity contribution in [3.05, 3.63) is 71.8 Å². The molecule has 42 heavy (non-hydrogen) atoms. The summed E-state index contributed by atoms with van der Waals surface area (Å²) in [6.07, 6.45) is 18.5. The number of hydrogen-bond acceptors (Lipinski definition) is 5. The fraction of sp³-hybridized carbons (Fsp3) is 0.514. The molecule has 0 saturated heterocycles. The third-order valence-corrected chi connectivity index (χ3v) is 7.13. The number of nitriles is 1. The topological polar surface area (TPSA) is 68.5 Å². The Hall–Kier alpha value is -3.52. The van der Waals surface area contributed by atoms with Gasteiger partial charge in [-0.2, -0.15) is 5.26 Å². The van der Waals surface area contributed by atoms with Crippen molar-refractivity contribution in [2.75, 3.05) is 19.8 Å². The predicted octanol–water partition coefficient (Wildman–Crippen LogP) is 10.1. The van der Waals surface area contributed by atoms with Crippen molar-refractivity contribution in [2.24, 2.45) is 0 Å². The molecule has 2 aromatic carbocycles. The maximum Gasteiger partial charge on any atom is 0.333 e. The molecule has 0 radical (unpaired) electrons. The second kappa shape index (κ2) is 22.1. The number of ether oxygens (including phenoxy) is 3. The summed E-state index contributed by atoms with van der Waals surface area (Å²) in [4.78, 5) is 11.3. The first-order valence-electron chi connectivity index (χ1n) is 15.9. The molecule has 0 fully saturated rings.